The Morgan fingerprint density at radius 1 is 1.33 bits per heavy atom. The van der Waals surface area contributed by atoms with E-state index < -0.39 is 23.7 Å². The van der Waals surface area contributed by atoms with Crippen LogP contribution in [0.1, 0.15) is 31.9 Å². The molecule has 0 aliphatic heterocycles. The lowest BCUT2D eigenvalue weighted by Crippen LogP contribution is -2.50. The summed E-state index contributed by atoms with van der Waals surface area (Å²) < 4.78 is 5.01. The molecule has 0 saturated carbocycles. The van der Waals surface area contributed by atoms with Gasteiger partial charge in [-0.05, 0) is 44.9 Å². The Hall–Kier alpha value is -2.55. The van der Waals surface area contributed by atoms with Gasteiger partial charge in [-0.1, -0.05) is 12.1 Å². The van der Waals surface area contributed by atoms with Crippen molar-refractivity contribution in [1.82, 2.24) is 5.32 Å². The van der Waals surface area contributed by atoms with Crippen molar-refractivity contribution in [1.29, 1.82) is 5.26 Å². The van der Waals surface area contributed by atoms with Gasteiger partial charge in [-0.3, -0.25) is 0 Å². The largest absolute Gasteiger partial charge is 0.548 e. The molecule has 1 aromatic rings. The molecule has 0 spiro atoms. The van der Waals surface area contributed by atoms with E-state index in [4.69, 9.17) is 10.00 Å². The summed E-state index contributed by atoms with van der Waals surface area (Å²) in [5, 5.41) is 22.1. The van der Waals surface area contributed by atoms with Crippen LogP contribution in [-0.4, -0.2) is 23.7 Å². The van der Waals surface area contributed by atoms with Crippen molar-refractivity contribution in [3.63, 3.8) is 0 Å². The highest BCUT2D eigenvalue weighted by Crippen LogP contribution is 2.09. The van der Waals surface area contributed by atoms with Crippen molar-refractivity contribution in [2.45, 2.75) is 38.8 Å². The third-order valence-corrected chi connectivity index (χ3v) is 2.50. The monoisotopic (exact) mass is 289 g/mol. The van der Waals surface area contributed by atoms with Gasteiger partial charge in [-0.15, -0.1) is 0 Å². The Morgan fingerprint density at radius 2 is 1.90 bits per heavy atom. The molecule has 1 rings (SSSR count). The second-order valence-electron chi connectivity index (χ2n) is 5.53. The molecule has 0 aromatic heterocycles. The summed E-state index contributed by atoms with van der Waals surface area (Å²) in [4.78, 5) is 22.7. The summed E-state index contributed by atoms with van der Waals surface area (Å²) in [5.41, 5.74) is 0.428. The van der Waals surface area contributed by atoms with Crippen molar-refractivity contribution < 1.29 is 19.4 Å². The number of rotatable bonds is 4. The predicted molar refractivity (Wildman–Crippen MR) is 73.0 cm³/mol. The Kier molecular flexibility index (Phi) is 5.30. The quantitative estimate of drug-likeness (QED) is 0.880. The third-order valence-electron chi connectivity index (χ3n) is 2.50. The minimum Gasteiger partial charge on any atom is -0.548 e. The molecule has 1 atom stereocenters. The van der Waals surface area contributed by atoms with Crippen LogP contribution in [0.3, 0.4) is 0 Å². The molecule has 1 aromatic carbocycles. The summed E-state index contributed by atoms with van der Waals surface area (Å²) in [6.07, 6.45) is -0.766. The lowest BCUT2D eigenvalue weighted by atomic mass is 10.0. The van der Waals surface area contributed by atoms with E-state index in [-0.39, 0.29) is 6.42 Å². The molecule has 0 aliphatic rings. The van der Waals surface area contributed by atoms with E-state index in [0.29, 0.717) is 11.1 Å². The fourth-order valence-electron chi connectivity index (χ4n) is 1.59. The molecule has 0 fully saturated rings. The Labute approximate surface area is 123 Å². The smallest absolute Gasteiger partial charge is 0.408 e. The zero-order valence-electron chi connectivity index (χ0n) is 12.2. The van der Waals surface area contributed by atoms with Gasteiger partial charge in [-0.25, -0.2) is 4.79 Å². The SMILES string of the molecule is CC(C)(C)OC(=O)N[C@H](Cc1ccc(C#N)cc1)C(=O)[O-]. The molecule has 21 heavy (non-hydrogen) atoms. The molecule has 0 aliphatic carbocycles. The van der Waals surface area contributed by atoms with E-state index in [2.05, 4.69) is 5.32 Å². The number of carboxylic acids is 1. The normalized spacial score (nSPS) is 12.1. The second-order valence-corrected chi connectivity index (χ2v) is 5.53. The van der Waals surface area contributed by atoms with Crippen molar-refractivity contribution >= 4 is 12.1 Å². The third kappa shape index (κ3) is 5.95. The maximum absolute atomic E-state index is 11.6. The number of hydrogen-bond acceptors (Lipinski definition) is 5. The number of nitrogens with one attached hydrogen (secondary N) is 1. The Bertz CT molecular complexity index is 553. The van der Waals surface area contributed by atoms with E-state index in [0.717, 1.165) is 0 Å². The first-order valence-electron chi connectivity index (χ1n) is 6.40. The molecule has 1 amide bonds. The first-order valence-corrected chi connectivity index (χ1v) is 6.40. The van der Waals surface area contributed by atoms with Crippen LogP contribution in [0.25, 0.3) is 0 Å². The summed E-state index contributed by atoms with van der Waals surface area (Å²) in [5.74, 6) is -1.40. The molecule has 0 bridgehead atoms. The topological polar surface area (TPSA) is 102 Å². The van der Waals surface area contributed by atoms with Gasteiger partial charge in [-0.2, -0.15) is 5.26 Å². The van der Waals surface area contributed by atoms with Gasteiger partial charge in [0.1, 0.15) is 5.60 Å². The first-order chi connectivity index (χ1) is 9.71. The van der Waals surface area contributed by atoms with Crippen LogP contribution in [0.2, 0.25) is 0 Å². The zero-order chi connectivity index (χ0) is 16.0. The minimum absolute atomic E-state index is 0.0489. The minimum atomic E-state index is -1.40. The number of amides is 1. The first kappa shape index (κ1) is 16.5. The fourth-order valence-corrected chi connectivity index (χ4v) is 1.59. The standard InChI is InChI=1S/C15H18N2O4/c1-15(2,3)21-14(20)17-12(13(18)19)8-10-4-6-11(9-16)7-5-10/h4-7,12H,8H2,1-3H3,(H,17,20)(H,18,19)/p-1/t12-/m1/s1. The van der Waals surface area contributed by atoms with Crippen LogP contribution in [0.15, 0.2) is 24.3 Å². The lowest BCUT2D eigenvalue weighted by molar-refractivity contribution is -0.308. The number of alkyl carbamates (subject to hydrolysis) is 1. The molecule has 0 saturated heterocycles. The average molecular weight is 289 g/mol. The highest BCUT2D eigenvalue weighted by molar-refractivity contribution is 5.79. The summed E-state index contributed by atoms with van der Waals surface area (Å²) in [6.45, 7) is 5.05. The van der Waals surface area contributed by atoms with Crippen molar-refractivity contribution in [2.75, 3.05) is 0 Å². The fraction of sp³-hybridized carbons (Fsp3) is 0.400. The number of aliphatic carboxylic acids is 1. The van der Waals surface area contributed by atoms with Crippen molar-refractivity contribution in [3.05, 3.63) is 35.4 Å². The van der Waals surface area contributed by atoms with Gasteiger partial charge >= 0.3 is 6.09 Å². The highest BCUT2D eigenvalue weighted by Gasteiger charge is 2.20. The van der Waals surface area contributed by atoms with E-state index in [1.54, 1.807) is 45.0 Å². The number of hydrogen-bond donors (Lipinski definition) is 1. The van der Waals surface area contributed by atoms with Crippen LogP contribution in [-0.2, 0) is 16.0 Å². The lowest BCUT2D eigenvalue weighted by Gasteiger charge is -2.24. The number of carboxylic acid groups (broad SMARTS) is 1. The van der Waals surface area contributed by atoms with Crippen LogP contribution in [0, 0.1) is 11.3 Å². The molecule has 6 nitrogen and oxygen atoms in total. The number of ether oxygens (including phenoxy) is 1. The molecule has 1 N–H and O–H groups in total. The van der Waals surface area contributed by atoms with Gasteiger partial charge in [0.05, 0.1) is 23.6 Å². The van der Waals surface area contributed by atoms with Crippen LogP contribution in [0.5, 0.6) is 0 Å². The number of nitrogens with zero attached hydrogens (tertiary/aromatic N) is 1. The number of carbonyl (C=O) groups is 2. The van der Waals surface area contributed by atoms with Gasteiger partial charge in [0.2, 0.25) is 0 Å². The zero-order valence-corrected chi connectivity index (χ0v) is 12.2. The van der Waals surface area contributed by atoms with Crippen LogP contribution < -0.4 is 10.4 Å². The maximum Gasteiger partial charge on any atom is 0.408 e. The molecule has 0 heterocycles. The van der Waals surface area contributed by atoms with Crippen LogP contribution >= 0.6 is 0 Å². The molecule has 0 unspecified atom stereocenters. The van der Waals surface area contributed by atoms with Crippen molar-refractivity contribution in [3.8, 4) is 6.07 Å². The summed E-state index contributed by atoms with van der Waals surface area (Å²) in [7, 11) is 0. The Morgan fingerprint density at radius 3 is 2.33 bits per heavy atom. The summed E-state index contributed by atoms with van der Waals surface area (Å²) in [6, 6.07) is 7.19. The van der Waals surface area contributed by atoms with Gasteiger partial charge < -0.3 is 20.0 Å². The molecular formula is C15H17N2O4-. The Balaban J connectivity index is 2.72. The highest BCUT2D eigenvalue weighted by atomic mass is 16.6. The van der Waals surface area contributed by atoms with Gasteiger partial charge in [0, 0.05) is 0 Å². The maximum atomic E-state index is 11.6. The van der Waals surface area contributed by atoms with E-state index in [1.807, 2.05) is 6.07 Å². The number of nitriles is 1. The number of benzene rings is 1. The van der Waals surface area contributed by atoms with Gasteiger partial charge in [0.25, 0.3) is 0 Å². The molecule has 112 valence electrons. The summed E-state index contributed by atoms with van der Waals surface area (Å²) >= 11 is 0. The molecule has 6 heteroatoms. The second kappa shape index (κ2) is 6.75. The average Bonchev–Trinajstić information content (AvgIpc) is 2.36. The number of carbonyl (C=O) groups excluding carboxylic acids is 2. The van der Waals surface area contributed by atoms with E-state index in [9.17, 15) is 14.7 Å². The predicted octanol–water partition coefficient (Wildman–Crippen LogP) is 0.744. The van der Waals surface area contributed by atoms with Gasteiger partial charge in [0.15, 0.2) is 0 Å². The molecule has 0 radical (unpaired) electrons. The van der Waals surface area contributed by atoms with Crippen LogP contribution in [0.4, 0.5) is 4.79 Å². The van der Waals surface area contributed by atoms with E-state index in [1.165, 1.54) is 0 Å². The molecular weight excluding hydrogens is 272 g/mol. The van der Waals surface area contributed by atoms with Crippen molar-refractivity contribution in [2.24, 2.45) is 0 Å². The van der Waals surface area contributed by atoms with E-state index >= 15 is 0 Å².